The predicted molar refractivity (Wildman–Crippen MR) is 353 cm³/mol. The summed E-state index contributed by atoms with van der Waals surface area (Å²) in [5.74, 6) is 2.25. The molecule has 16 aromatic rings. The Bertz CT molecular complexity index is 5250. The van der Waals surface area contributed by atoms with E-state index in [9.17, 15) is 0 Å². The van der Waals surface area contributed by atoms with Gasteiger partial charge in [0.2, 0.25) is 0 Å². The van der Waals surface area contributed by atoms with Gasteiger partial charge in [0.25, 0.3) is 0 Å². The lowest BCUT2D eigenvalue weighted by Crippen LogP contribution is -1.92. The molecule has 0 bridgehead atoms. The first-order chi connectivity index (χ1) is 40.8. The van der Waals surface area contributed by atoms with Crippen molar-refractivity contribution in [3.63, 3.8) is 0 Å². The van der Waals surface area contributed by atoms with Crippen molar-refractivity contribution in [1.29, 1.82) is 0 Å². The summed E-state index contributed by atoms with van der Waals surface area (Å²) in [6, 6.07) is 82.2. The van der Waals surface area contributed by atoms with Crippen LogP contribution in [0.4, 0.5) is 0 Å². The van der Waals surface area contributed by atoms with Gasteiger partial charge in [0.05, 0.1) is 0 Å². The normalized spacial score (nSPS) is 12.1. The summed E-state index contributed by atoms with van der Waals surface area (Å²) >= 11 is 0. The number of hydrogen-bond donors (Lipinski definition) is 0. The van der Waals surface area contributed by atoms with Gasteiger partial charge in [-0.15, -0.1) is 12.3 Å². The molecule has 0 saturated carbocycles. The van der Waals surface area contributed by atoms with Gasteiger partial charge >= 0.3 is 0 Å². The van der Waals surface area contributed by atoms with E-state index < -0.39 is 0 Å². The number of hydrogen-bond acceptors (Lipinski definition) is 2. The van der Waals surface area contributed by atoms with Crippen LogP contribution in [0.3, 0.4) is 0 Å². The zero-order chi connectivity index (χ0) is 55.5. The van der Waals surface area contributed by atoms with E-state index in [1.54, 1.807) is 6.92 Å². The zero-order valence-corrected chi connectivity index (χ0v) is 46.7. The van der Waals surface area contributed by atoms with Crippen LogP contribution in [0, 0.1) is 40.0 Å². The van der Waals surface area contributed by atoms with E-state index in [-0.39, 0.29) is 0 Å². The number of para-hydroxylation sites is 2. The highest BCUT2D eigenvalue weighted by molar-refractivity contribution is 6.32. The van der Waals surface area contributed by atoms with Crippen molar-refractivity contribution in [3.8, 4) is 101 Å². The van der Waals surface area contributed by atoms with E-state index in [1.807, 2.05) is 0 Å². The molecule has 388 valence electrons. The Morgan fingerprint density at radius 1 is 0.241 bits per heavy atom. The average molecular weight is 1060 g/mol. The molecule has 2 aliphatic carbocycles. The highest BCUT2D eigenvalue weighted by Gasteiger charge is 2.30. The fourth-order valence-electron chi connectivity index (χ4n) is 15.1. The van der Waals surface area contributed by atoms with Gasteiger partial charge in [0, 0.05) is 21.5 Å². The third kappa shape index (κ3) is 6.57. The first-order valence-corrected chi connectivity index (χ1v) is 28.8. The smallest absolute Gasteiger partial charge is 0.136 e. The monoisotopic (exact) mass is 1060 g/mol. The van der Waals surface area contributed by atoms with Crippen molar-refractivity contribution in [3.05, 3.63) is 241 Å². The highest BCUT2D eigenvalue weighted by atomic mass is 16.3. The van der Waals surface area contributed by atoms with E-state index in [0.717, 1.165) is 55.0 Å². The minimum absolute atomic E-state index is 0.888. The van der Waals surface area contributed by atoms with Crippen LogP contribution in [0.2, 0.25) is 0 Å². The summed E-state index contributed by atoms with van der Waals surface area (Å²) in [4.78, 5) is 0. The van der Waals surface area contributed by atoms with Crippen molar-refractivity contribution in [1.82, 2.24) is 0 Å². The molecule has 2 aromatic heterocycles. The zero-order valence-electron chi connectivity index (χ0n) is 46.7. The molecule has 0 aliphatic heterocycles. The van der Waals surface area contributed by atoms with Crippen LogP contribution in [0.5, 0.6) is 0 Å². The lowest BCUT2D eigenvalue weighted by Gasteiger charge is -2.19. The Kier molecular flexibility index (Phi) is 10.00. The number of aryl methyl sites for hydroxylation is 4. The van der Waals surface area contributed by atoms with Gasteiger partial charge in [0.15, 0.2) is 0 Å². The van der Waals surface area contributed by atoms with Crippen LogP contribution in [0.1, 0.15) is 29.2 Å². The Labute approximate surface area is 480 Å². The van der Waals surface area contributed by atoms with Gasteiger partial charge < -0.3 is 8.83 Å². The van der Waals surface area contributed by atoms with Crippen molar-refractivity contribution in [2.45, 2.75) is 34.6 Å². The fourth-order valence-corrected chi connectivity index (χ4v) is 15.1. The molecule has 0 fully saturated rings. The minimum atomic E-state index is 0.888. The first-order valence-electron chi connectivity index (χ1n) is 28.8. The minimum Gasteiger partial charge on any atom is -0.456 e. The first kappa shape index (κ1) is 47.4. The van der Waals surface area contributed by atoms with Crippen LogP contribution in [-0.2, 0) is 0 Å². The molecular formula is C81H52O2. The molecule has 0 saturated heterocycles. The van der Waals surface area contributed by atoms with Crippen LogP contribution < -0.4 is 0 Å². The van der Waals surface area contributed by atoms with Crippen LogP contribution >= 0.6 is 0 Å². The largest absolute Gasteiger partial charge is 0.456 e. The molecule has 0 N–H and O–H groups in total. The second-order valence-corrected chi connectivity index (χ2v) is 23.0. The average Bonchev–Trinajstić information content (AvgIpc) is 1.95. The van der Waals surface area contributed by atoms with Gasteiger partial charge in [0.1, 0.15) is 22.3 Å². The summed E-state index contributed by atoms with van der Waals surface area (Å²) in [5, 5.41) is 17.0. The third-order valence-electron chi connectivity index (χ3n) is 18.5. The molecular weight excluding hydrogens is 1000 g/mol. The molecule has 0 unspecified atom stereocenters. The molecule has 2 heterocycles. The summed E-state index contributed by atoms with van der Waals surface area (Å²) in [5.41, 5.74) is 28.8. The summed E-state index contributed by atoms with van der Waals surface area (Å²) in [7, 11) is 0. The van der Waals surface area contributed by atoms with Crippen LogP contribution in [-0.4, -0.2) is 0 Å². The Morgan fingerprint density at radius 3 is 0.928 bits per heavy atom. The molecule has 2 nitrogen and oxygen atoms in total. The molecule has 0 radical (unpaired) electrons. The van der Waals surface area contributed by atoms with Crippen molar-refractivity contribution >= 4 is 97.7 Å². The summed E-state index contributed by atoms with van der Waals surface area (Å²) in [6.45, 7) is 10.6. The SMILES string of the molecule is C#CC.Cc1cccc(C)c1-c1ccc2c3c(cccc13)-c1cc3c(-c4cccc5oc6ccccc6c45)cc4c5cc6c(cc5c(-c5cccc7oc8ccccc8c57)cc4c3cc1-2)-c1cccc2c(-c3c(C)cccc3C)ccc-6c12. The van der Waals surface area contributed by atoms with E-state index >= 15 is 0 Å². The number of rotatable bonds is 4. The molecule has 0 amide bonds. The second kappa shape index (κ2) is 17.5. The van der Waals surface area contributed by atoms with Gasteiger partial charge in [-0.05, 0) is 260 Å². The van der Waals surface area contributed by atoms with Crippen LogP contribution in [0.15, 0.2) is 227 Å². The van der Waals surface area contributed by atoms with E-state index in [2.05, 4.69) is 258 Å². The number of fused-ring (bicyclic) bond motifs is 17. The Morgan fingerprint density at radius 2 is 0.518 bits per heavy atom. The summed E-state index contributed by atoms with van der Waals surface area (Å²) < 4.78 is 13.4. The van der Waals surface area contributed by atoms with Crippen molar-refractivity contribution < 1.29 is 8.83 Å². The van der Waals surface area contributed by atoms with Crippen molar-refractivity contribution in [2.24, 2.45) is 0 Å². The maximum atomic E-state index is 6.68. The summed E-state index contributed by atoms with van der Waals surface area (Å²) in [6.07, 6.45) is 4.60. The highest BCUT2D eigenvalue weighted by Crippen LogP contribution is 2.57. The van der Waals surface area contributed by atoms with Gasteiger partial charge in [-0.2, -0.15) is 0 Å². The molecule has 2 heteroatoms. The number of terminal acetylenes is 1. The number of furan rings is 2. The molecule has 14 aromatic carbocycles. The lowest BCUT2D eigenvalue weighted by molar-refractivity contribution is 0.668. The lowest BCUT2D eigenvalue weighted by atomic mass is 9.83. The number of benzene rings is 14. The Balaban J connectivity index is 0.00000178. The van der Waals surface area contributed by atoms with E-state index in [0.29, 0.717) is 0 Å². The second-order valence-electron chi connectivity index (χ2n) is 23.0. The maximum Gasteiger partial charge on any atom is 0.136 e. The van der Waals surface area contributed by atoms with Crippen molar-refractivity contribution in [2.75, 3.05) is 0 Å². The topological polar surface area (TPSA) is 26.3 Å². The maximum absolute atomic E-state index is 6.68. The molecule has 0 spiro atoms. The molecule has 83 heavy (non-hydrogen) atoms. The van der Waals surface area contributed by atoms with Gasteiger partial charge in [-0.25, -0.2) is 0 Å². The van der Waals surface area contributed by atoms with Gasteiger partial charge in [-0.3, -0.25) is 0 Å². The van der Waals surface area contributed by atoms with Gasteiger partial charge in [-0.1, -0.05) is 158 Å². The Hall–Kier alpha value is -10.5. The third-order valence-corrected chi connectivity index (χ3v) is 18.5. The molecule has 2 aliphatic rings. The quantitative estimate of drug-likeness (QED) is 0.130. The molecule has 0 atom stereocenters. The van der Waals surface area contributed by atoms with Crippen LogP contribution in [0.25, 0.3) is 187 Å². The molecule has 18 rings (SSSR count). The fraction of sp³-hybridized carbons (Fsp3) is 0.0617. The predicted octanol–water partition coefficient (Wildman–Crippen LogP) is 23.1. The van der Waals surface area contributed by atoms with E-state index in [4.69, 9.17) is 8.83 Å². The standard InChI is InChI=1S/C78H48O2.C3H4/c1-41-15-9-16-42(2)73(41)51-31-33-53-61-39-65-63(35-57(61)47-23-11-21-45(51)75(47)53)59(49-25-13-29-71-77(49)55-19-5-7-27-69(55)79-71)37-68-66-40-62-54-34-32-52(74-43(3)17-10-18-44(74)4)46-22-12-24-48(76(46)54)58(62)36-64(66)60(38-67(65)68)50-26-14-30-72-78(50)56-20-6-8-28-70(56)80-72;1-3-2/h5-40H,1-4H3;1H,2H3. The van der Waals surface area contributed by atoms with E-state index in [1.165, 1.54) is 154 Å².